The van der Waals surface area contributed by atoms with Crippen molar-refractivity contribution in [1.82, 2.24) is 14.9 Å². The Labute approximate surface area is 228 Å². The molecule has 0 atom stereocenters. The average Bonchev–Trinajstić information content (AvgIpc) is 2.95. The highest BCUT2D eigenvalue weighted by molar-refractivity contribution is 6.35. The van der Waals surface area contributed by atoms with E-state index in [-0.39, 0.29) is 5.02 Å². The Morgan fingerprint density at radius 3 is 2.50 bits per heavy atom. The smallest absolute Gasteiger partial charge is 0.327 e. The topological polar surface area (TPSA) is 95.1 Å². The van der Waals surface area contributed by atoms with Gasteiger partial charge < -0.3 is 29.9 Å². The van der Waals surface area contributed by atoms with Gasteiger partial charge in [0, 0.05) is 62.3 Å². The molecule has 0 unspecified atom stereocenters. The molecule has 0 aliphatic carbocycles. The minimum absolute atomic E-state index is 0.286. The van der Waals surface area contributed by atoms with Crippen molar-refractivity contribution in [2.75, 3.05) is 74.4 Å². The van der Waals surface area contributed by atoms with E-state index in [1.807, 2.05) is 19.1 Å². The predicted molar refractivity (Wildman–Crippen MR) is 153 cm³/mol. The summed E-state index contributed by atoms with van der Waals surface area (Å²) in [7, 11) is 4.68. The molecule has 10 nitrogen and oxygen atoms in total. The van der Waals surface area contributed by atoms with Crippen LogP contribution in [0, 0.1) is 6.92 Å². The zero-order chi connectivity index (χ0) is 27.2. The standard InChI is InChI=1S/C27H34ClN7O3/c1-6-34-10-12-35(13-11-34)20-9-7-8-19(14-20)31-23-16-24(30-17-29-23)33(3)27(36)32-26-18(2)21(37-4)15-22(38-5)25(26)28/h7-9,14-17H,6,10-13H2,1-5H3,(H,32,36)(H,29,30,31). The molecule has 1 fully saturated rings. The zero-order valence-electron chi connectivity index (χ0n) is 22.4. The molecule has 2 N–H and O–H groups in total. The lowest BCUT2D eigenvalue weighted by Crippen LogP contribution is -2.46. The number of anilines is 5. The van der Waals surface area contributed by atoms with Gasteiger partial charge in [0.1, 0.15) is 34.5 Å². The molecule has 0 radical (unpaired) electrons. The normalized spacial score (nSPS) is 13.7. The molecule has 1 saturated heterocycles. The molecule has 0 bridgehead atoms. The van der Waals surface area contributed by atoms with Crippen LogP contribution in [0.25, 0.3) is 0 Å². The zero-order valence-corrected chi connectivity index (χ0v) is 23.2. The number of halogens is 1. The summed E-state index contributed by atoms with van der Waals surface area (Å²) in [5.74, 6) is 1.93. The number of aromatic nitrogens is 2. The Kier molecular flexibility index (Phi) is 8.75. The van der Waals surface area contributed by atoms with Gasteiger partial charge in [0.25, 0.3) is 0 Å². The van der Waals surface area contributed by atoms with Gasteiger partial charge in [-0.3, -0.25) is 4.90 Å². The maximum atomic E-state index is 13.1. The van der Waals surface area contributed by atoms with E-state index in [0.717, 1.165) is 44.1 Å². The summed E-state index contributed by atoms with van der Waals surface area (Å²) in [6.45, 7) is 9.21. The van der Waals surface area contributed by atoms with Gasteiger partial charge in [-0.05, 0) is 31.7 Å². The Morgan fingerprint density at radius 1 is 1.08 bits per heavy atom. The summed E-state index contributed by atoms with van der Waals surface area (Å²) in [5.41, 5.74) is 3.16. The summed E-state index contributed by atoms with van der Waals surface area (Å²) >= 11 is 6.48. The number of hydrogen-bond acceptors (Lipinski definition) is 8. The molecule has 1 aliphatic rings. The van der Waals surface area contributed by atoms with E-state index < -0.39 is 6.03 Å². The van der Waals surface area contributed by atoms with Gasteiger partial charge in [-0.25, -0.2) is 14.8 Å². The molecule has 11 heteroatoms. The quantitative estimate of drug-likeness (QED) is 0.412. The summed E-state index contributed by atoms with van der Waals surface area (Å²) in [4.78, 5) is 28.0. The van der Waals surface area contributed by atoms with E-state index in [0.29, 0.717) is 34.4 Å². The number of likely N-dealkylation sites (N-methyl/N-ethyl adjacent to an activating group) is 1. The van der Waals surface area contributed by atoms with Gasteiger partial charge in [0.2, 0.25) is 0 Å². The van der Waals surface area contributed by atoms with Crippen molar-refractivity contribution >= 4 is 46.3 Å². The Bertz CT molecular complexity index is 1250. The number of urea groups is 1. The van der Waals surface area contributed by atoms with E-state index >= 15 is 0 Å². The average molecular weight is 540 g/mol. The van der Waals surface area contributed by atoms with E-state index in [2.05, 4.69) is 49.5 Å². The van der Waals surface area contributed by atoms with Crippen LogP contribution < -0.4 is 29.9 Å². The first-order valence-electron chi connectivity index (χ1n) is 12.5. The summed E-state index contributed by atoms with van der Waals surface area (Å²) < 4.78 is 10.7. The number of ether oxygens (including phenoxy) is 2. The lowest BCUT2D eigenvalue weighted by atomic mass is 10.1. The molecule has 2 aromatic carbocycles. The first kappa shape index (κ1) is 27.3. The van der Waals surface area contributed by atoms with Crippen LogP contribution in [0.2, 0.25) is 5.02 Å². The van der Waals surface area contributed by atoms with Crippen molar-refractivity contribution < 1.29 is 14.3 Å². The highest BCUT2D eigenvalue weighted by Crippen LogP contribution is 2.40. The number of methoxy groups -OCH3 is 2. The van der Waals surface area contributed by atoms with Crippen LogP contribution >= 0.6 is 11.6 Å². The number of carbonyl (C=O) groups excluding carboxylic acids is 1. The second kappa shape index (κ2) is 12.2. The second-order valence-electron chi connectivity index (χ2n) is 8.94. The van der Waals surface area contributed by atoms with E-state index in [4.69, 9.17) is 21.1 Å². The molecule has 0 spiro atoms. The fraction of sp³-hybridized carbons (Fsp3) is 0.370. The molecule has 2 heterocycles. The molecule has 202 valence electrons. The van der Waals surface area contributed by atoms with E-state index in [9.17, 15) is 4.79 Å². The van der Waals surface area contributed by atoms with Gasteiger partial charge in [-0.1, -0.05) is 24.6 Å². The van der Waals surface area contributed by atoms with Gasteiger partial charge in [0.05, 0.1) is 19.9 Å². The van der Waals surface area contributed by atoms with Crippen LogP contribution in [0.1, 0.15) is 12.5 Å². The first-order valence-corrected chi connectivity index (χ1v) is 12.8. The molecule has 1 aliphatic heterocycles. The maximum absolute atomic E-state index is 13.1. The number of benzene rings is 2. The molecule has 3 aromatic rings. The van der Waals surface area contributed by atoms with Crippen molar-refractivity contribution in [1.29, 1.82) is 0 Å². The molecule has 0 saturated carbocycles. The predicted octanol–water partition coefficient (Wildman–Crippen LogP) is 5.01. The van der Waals surface area contributed by atoms with E-state index in [1.165, 1.54) is 18.3 Å². The van der Waals surface area contributed by atoms with Crippen molar-refractivity contribution in [2.45, 2.75) is 13.8 Å². The molecule has 38 heavy (non-hydrogen) atoms. The van der Waals surface area contributed by atoms with Crippen molar-refractivity contribution in [3.8, 4) is 11.5 Å². The van der Waals surface area contributed by atoms with E-state index in [1.54, 1.807) is 26.3 Å². The minimum atomic E-state index is -0.428. The first-order chi connectivity index (χ1) is 18.3. The summed E-state index contributed by atoms with van der Waals surface area (Å²) in [6, 6.07) is 11.2. The van der Waals surface area contributed by atoms with Gasteiger partial charge >= 0.3 is 6.03 Å². The molecule has 1 aromatic heterocycles. The number of amides is 2. The maximum Gasteiger partial charge on any atom is 0.327 e. The lowest BCUT2D eigenvalue weighted by molar-refractivity contribution is 0.258. The number of nitrogens with zero attached hydrogens (tertiary/aromatic N) is 5. The van der Waals surface area contributed by atoms with Crippen LogP contribution in [0.3, 0.4) is 0 Å². The van der Waals surface area contributed by atoms with Crippen LogP contribution in [-0.4, -0.2) is 74.9 Å². The van der Waals surface area contributed by atoms with Crippen LogP contribution in [0.15, 0.2) is 42.7 Å². The lowest BCUT2D eigenvalue weighted by Gasteiger charge is -2.35. The molecular formula is C27H34ClN7O3. The van der Waals surface area contributed by atoms with Crippen molar-refractivity contribution in [2.24, 2.45) is 0 Å². The third-order valence-electron chi connectivity index (χ3n) is 6.72. The van der Waals surface area contributed by atoms with Gasteiger partial charge in [0.15, 0.2) is 0 Å². The SMILES string of the molecule is CCN1CCN(c2cccc(Nc3cc(N(C)C(=O)Nc4c(C)c(OC)cc(OC)c4Cl)ncn3)c2)CC1. The Hall–Kier alpha value is -3.76. The third-order valence-corrected chi connectivity index (χ3v) is 7.09. The number of nitrogens with one attached hydrogen (secondary N) is 2. The Balaban J connectivity index is 1.47. The number of piperazine rings is 1. The summed E-state index contributed by atoms with van der Waals surface area (Å²) in [6.07, 6.45) is 1.42. The van der Waals surface area contributed by atoms with Gasteiger partial charge in [-0.2, -0.15) is 0 Å². The monoisotopic (exact) mass is 539 g/mol. The molecule has 4 rings (SSSR count). The van der Waals surface area contributed by atoms with Crippen LogP contribution in [-0.2, 0) is 0 Å². The molecular weight excluding hydrogens is 506 g/mol. The van der Waals surface area contributed by atoms with Crippen molar-refractivity contribution in [3.05, 3.63) is 53.3 Å². The third kappa shape index (κ3) is 6.03. The van der Waals surface area contributed by atoms with Crippen LogP contribution in [0.5, 0.6) is 11.5 Å². The van der Waals surface area contributed by atoms with Crippen LogP contribution in [0.4, 0.5) is 33.5 Å². The largest absolute Gasteiger partial charge is 0.496 e. The fourth-order valence-electron chi connectivity index (χ4n) is 4.36. The number of carbonyl (C=O) groups is 1. The highest BCUT2D eigenvalue weighted by Gasteiger charge is 2.21. The van der Waals surface area contributed by atoms with Crippen molar-refractivity contribution in [3.63, 3.8) is 0 Å². The second-order valence-corrected chi connectivity index (χ2v) is 9.32. The highest BCUT2D eigenvalue weighted by atomic mass is 35.5. The minimum Gasteiger partial charge on any atom is -0.496 e. The molecule has 2 amide bonds. The Morgan fingerprint density at radius 2 is 1.82 bits per heavy atom. The number of hydrogen-bond donors (Lipinski definition) is 2. The summed E-state index contributed by atoms with van der Waals surface area (Å²) in [5, 5.41) is 6.47. The fourth-order valence-corrected chi connectivity index (χ4v) is 4.68. The number of rotatable bonds is 8. The van der Waals surface area contributed by atoms with Gasteiger partial charge in [-0.15, -0.1) is 0 Å².